The zero-order valence-electron chi connectivity index (χ0n) is 16.3. The molecule has 0 saturated carbocycles. The first-order chi connectivity index (χ1) is 14.1. The van der Waals surface area contributed by atoms with Gasteiger partial charge in [0.2, 0.25) is 0 Å². The SMILES string of the molecule is Cc1ccccc1CNC(=O)c1csc(N2CCN(c3ccc(Cl)cc3)CC2)n1. The number of benzene rings is 2. The van der Waals surface area contributed by atoms with E-state index in [0.29, 0.717) is 12.2 Å². The number of carbonyl (C=O) groups is 1. The molecule has 1 N–H and O–H groups in total. The molecule has 150 valence electrons. The second-order valence-electron chi connectivity index (χ2n) is 7.07. The van der Waals surface area contributed by atoms with Crippen LogP contribution in [0.3, 0.4) is 0 Å². The molecule has 0 radical (unpaired) electrons. The zero-order chi connectivity index (χ0) is 20.2. The second kappa shape index (κ2) is 8.84. The number of thiazole rings is 1. The van der Waals surface area contributed by atoms with E-state index < -0.39 is 0 Å². The van der Waals surface area contributed by atoms with Crippen LogP contribution in [-0.4, -0.2) is 37.1 Å². The molecule has 1 aliphatic heterocycles. The number of aromatic nitrogens is 1. The summed E-state index contributed by atoms with van der Waals surface area (Å²) in [6.07, 6.45) is 0. The normalized spacial score (nSPS) is 14.1. The van der Waals surface area contributed by atoms with E-state index >= 15 is 0 Å². The molecular weight excluding hydrogens is 404 g/mol. The Hall–Kier alpha value is -2.57. The number of piperazine rings is 1. The molecule has 3 aromatic rings. The third kappa shape index (κ3) is 4.71. The van der Waals surface area contributed by atoms with E-state index in [1.165, 1.54) is 22.6 Å². The fraction of sp³-hybridized carbons (Fsp3) is 0.273. The van der Waals surface area contributed by atoms with Crippen molar-refractivity contribution >= 4 is 39.7 Å². The lowest BCUT2D eigenvalue weighted by Crippen LogP contribution is -2.46. The van der Waals surface area contributed by atoms with Crippen LogP contribution in [0.1, 0.15) is 21.6 Å². The fourth-order valence-electron chi connectivity index (χ4n) is 3.40. The van der Waals surface area contributed by atoms with Crippen molar-refractivity contribution in [3.8, 4) is 0 Å². The standard InChI is InChI=1S/C22H23ClN4OS/c1-16-4-2-3-5-17(16)14-24-21(28)20-15-29-22(25-20)27-12-10-26(11-13-27)19-8-6-18(23)7-9-19/h2-9,15H,10-14H2,1H3,(H,24,28). The van der Waals surface area contributed by atoms with E-state index in [-0.39, 0.29) is 5.91 Å². The van der Waals surface area contributed by atoms with Gasteiger partial charge in [0.05, 0.1) is 0 Å². The quantitative estimate of drug-likeness (QED) is 0.658. The Bertz CT molecular complexity index is 980. The van der Waals surface area contributed by atoms with Gasteiger partial charge in [-0.3, -0.25) is 4.79 Å². The highest BCUT2D eigenvalue weighted by Gasteiger charge is 2.21. The van der Waals surface area contributed by atoms with E-state index in [1.807, 2.05) is 48.7 Å². The van der Waals surface area contributed by atoms with Gasteiger partial charge in [-0.2, -0.15) is 0 Å². The molecule has 0 unspecified atom stereocenters. The maximum absolute atomic E-state index is 12.5. The Morgan fingerprint density at radius 2 is 1.76 bits per heavy atom. The maximum Gasteiger partial charge on any atom is 0.271 e. The van der Waals surface area contributed by atoms with Crippen molar-refractivity contribution in [1.29, 1.82) is 0 Å². The van der Waals surface area contributed by atoms with E-state index in [2.05, 4.69) is 32.2 Å². The lowest BCUT2D eigenvalue weighted by atomic mass is 10.1. The lowest BCUT2D eigenvalue weighted by Gasteiger charge is -2.36. The largest absolute Gasteiger partial charge is 0.368 e. The van der Waals surface area contributed by atoms with Crippen LogP contribution in [0.15, 0.2) is 53.9 Å². The summed E-state index contributed by atoms with van der Waals surface area (Å²) in [5.74, 6) is -0.129. The highest BCUT2D eigenvalue weighted by Crippen LogP contribution is 2.24. The second-order valence-corrected chi connectivity index (χ2v) is 8.35. The lowest BCUT2D eigenvalue weighted by molar-refractivity contribution is 0.0946. The number of rotatable bonds is 5. The first-order valence-electron chi connectivity index (χ1n) is 9.64. The number of anilines is 2. The smallest absolute Gasteiger partial charge is 0.271 e. The summed E-state index contributed by atoms with van der Waals surface area (Å²) in [6.45, 7) is 6.14. The summed E-state index contributed by atoms with van der Waals surface area (Å²) in [5.41, 5.74) is 3.96. The fourth-order valence-corrected chi connectivity index (χ4v) is 4.38. The van der Waals surface area contributed by atoms with E-state index in [9.17, 15) is 4.79 Å². The Labute approximate surface area is 179 Å². The number of nitrogens with zero attached hydrogens (tertiary/aromatic N) is 3. The van der Waals surface area contributed by atoms with Crippen LogP contribution in [0.25, 0.3) is 0 Å². The first kappa shape index (κ1) is 19.7. The van der Waals surface area contributed by atoms with Crippen LogP contribution < -0.4 is 15.1 Å². The summed E-state index contributed by atoms with van der Waals surface area (Å²) < 4.78 is 0. The van der Waals surface area contributed by atoms with Crippen LogP contribution in [0.4, 0.5) is 10.8 Å². The van der Waals surface area contributed by atoms with E-state index in [1.54, 1.807) is 0 Å². The van der Waals surface area contributed by atoms with Crippen molar-refractivity contribution in [2.24, 2.45) is 0 Å². The summed E-state index contributed by atoms with van der Waals surface area (Å²) >= 11 is 7.51. The molecule has 1 fully saturated rings. The summed E-state index contributed by atoms with van der Waals surface area (Å²) in [4.78, 5) is 21.6. The molecule has 2 aromatic carbocycles. The molecule has 0 aliphatic carbocycles. The van der Waals surface area contributed by atoms with Crippen LogP contribution >= 0.6 is 22.9 Å². The minimum atomic E-state index is -0.129. The third-order valence-electron chi connectivity index (χ3n) is 5.17. The van der Waals surface area contributed by atoms with Gasteiger partial charge < -0.3 is 15.1 Å². The van der Waals surface area contributed by atoms with Gasteiger partial charge >= 0.3 is 0 Å². The van der Waals surface area contributed by atoms with Crippen LogP contribution in [0.2, 0.25) is 5.02 Å². The van der Waals surface area contributed by atoms with Gasteiger partial charge in [0.15, 0.2) is 5.13 Å². The van der Waals surface area contributed by atoms with Gasteiger partial charge in [-0.05, 0) is 42.3 Å². The van der Waals surface area contributed by atoms with Gasteiger partial charge in [-0.15, -0.1) is 11.3 Å². The molecule has 1 saturated heterocycles. The molecular formula is C22H23ClN4OS. The maximum atomic E-state index is 12.5. The Morgan fingerprint density at radius 3 is 2.48 bits per heavy atom. The number of carbonyl (C=O) groups excluding carboxylic acids is 1. The highest BCUT2D eigenvalue weighted by atomic mass is 35.5. The number of amides is 1. The predicted octanol–water partition coefficient (Wildman–Crippen LogP) is 4.36. The summed E-state index contributed by atoms with van der Waals surface area (Å²) in [7, 11) is 0. The topological polar surface area (TPSA) is 48.5 Å². The van der Waals surface area contributed by atoms with Crippen LogP contribution in [-0.2, 0) is 6.54 Å². The Morgan fingerprint density at radius 1 is 1.07 bits per heavy atom. The summed E-state index contributed by atoms with van der Waals surface area (Å²) in [6, 6.07) is 16.0. The Kier molecular flexibility index (Phi) is 6.02. The van der Waals surface area contributed by atoms with Gasteiger partial charge in [0, 0.05) is 48.8 Å². The molecule has 4 rings (SSSR count). The van der Waals surface area contributed by atoms with Crippen molar-refractivity contribution in [3.63, 3.8) is 0 Å². The molecule has 7 heteroatoms. The van der Waals surface area contributed by atoms with Crippen molar-refractivity contribution in [2.75, 3.05) is 36.0 Å². The molecule has 0 spiro atoms. The number of aryl methyl sites for hydroxylation is 1. The average Bonchev–Trinajstić information content (AvgIpc) is 3.24. The van der Waals surface area contributed by atoms with Gasteiger partial charge in [0.25, 0.3) is 5.91 Å². The molecule has 1 aliphatic rings. The van der Waals surface area contributed by atoms with Crippen LogP contribution in [0.5, 0.6) is 0 Å². The highest BCUT2D eigenvalue weighted by molar-refractivity contribution is 7.13. The molecule has 1 aromatic heterocycles. The minimum absolute atomic E-state index is 0.129. The number of nitrogens with one attached hydrogen (secondary N) is 1. The molecule has 1 amide bonds. The molecule has 5 nitrogen and oxygen atoms in total. The molecule has 0 bridgehead atoms. The van der Waals surface area contributed by atoms with Gasteiger partial charge in [-0.1, -0.05) is 35.9 Å². The third-order valence-corrected chi connectivity index (χ3v) is 6.32. The van der Waals surface area contributed by atoms with Crippen molar-refractivity contribution in [3.05, 3.63) is 75.8 Å². The molecule has 0 atom stereocenters. The number of hydrogen-bond acceptors (Lipinski definition) is 5. The Balaban J connectivity index is 1.32. The minimum Gasteiger partial charge on any atom is -0.368 e. The zero-order valence-corrected chi connectivity index (χ0v) is 17.8. The van der Waals surface area contributed by atoms with Gasteiger partial charge in [0.1, 0.15) is 5.69 Å². The number of halogens is 1. The molecule has 29 heavy (non-hydrogen) atoms. The first-order valence-corrected chi connectivity index (χ1v) is 10.9. The average molecular weight is 427 g/mol. The van der Waals surface area contributed by atoms with Crippen molar-refractivity contribution in [1.82, 2.24) is 10.3 Å². The van der Waals surface area contributed by atoms with Crippen molar-refractivity contribution < 1.29 is 4.79 Å². The van der Waals surface area contributed by atoms with E-state index in [4.69, 9.17) is 11.6 Å². The molecule has 2 heterocycles. The predicted molar refractivity (Wildman–Crippen MR) is 120 cm³/mol. The van der Waals surface area contributed by atoms with Gasteiger partial charge in [-0.25, -0.2) is 4.98 Å². The summed E-state index contributed by atoms with van der Waals surface area (Å²) in [5, 5.41) is 6.47. The van der Waals surface area contributed by atoms with E-state index in [0.717, 1.165) is 41.9 Å². The van der Waals surface area contributed by atoms with Crippen molar-refractivity contribution in [2.45, 2.75) is 13.5 Å². The monoisotopic (exact) mass is 426 g/mol. The number of hydrogen-bond donors (Lipinski definition) is 1. The van der Waals surface area contributed by atoms with Crippen LogP contribution in [0, 0.1) is 6.92 Å².